The molecule has 4 rings (SSSR count). The highest BCUT2D eigenvalue weighted by atomic mass is 35.5. The van der Waals surface area contributed by atoms with Gasteiger partial charge in [0.1, 0.15) is 17.1 Å². The lowest BCUT2D eigenvalue weighted by Gasteiger charge is -2.26. The summed E-state index contributed by atoms with van der Waals surface area (Å²) in [6, 6.07) is 13.2. The van der Waals surface area contributed by atoms with E-state index in [9.17, 15) is 18.8 Å². The van der Waals surface area contributed by atoms with Gasteiger partial charge in [0.2, 0.25) is 0 Å². The molecule has 0 aliphatic carbocycles. The Morgan fingerprint density at radius 3 is 2.59 bits per heavy atom. The van der Waals surface area contributed by atoms with Gasteiger partial charge in [0.05, 0.1) is 24.4 Å². The third-order valence-electron chi connectivity index (χ3n) is 4.95. The number of nitrogens with zero attached hydrogens (tertiary/aromatic N) is 2. The number of halogens is 2. The highest BCUT2D eigenvalue weighted by Gasteiger charge is 2.37. The van der Waals surface area contributed by atoms with Gasteiger partial charge in [-0.25, -0.2) is 14.1 Å². The fourth-order valence-electron chi connectivity index (χ4n) is 3.35. The average Bonchev–Trinajstić information content (AvgIpc) is 3.19. The number of carbonyl (C=O) groups is 3. The van der Waals surface area contributed by atoms with Crippen LogP contribution in [0.25, 0.3) is 6.08 Å². The lowest BCUT2D eigenvalue weighted by molar-refractivity contribution is -0.122. The number of urea groups is 1. The average molecular weight is 454 g/mol. The molecular weight excluding hydrogens is 437 g/mol. The second-order valence-corrected chi connectivity index (χ2v) is 7.34. The maximum Gasteiger partial charge on any atom is 0.335 e. The first-order valence-electron chi connectivity index (χ1n) is 9.52. The summed E-state index contributed by atoms with van der Waals surface area (Å²) in [6.45, 7) is 0.200. The van der Waals surface area contributed by atoms with Gasteiger partial charge in [0.15, 0.2) is 0 Å². The zero-order valence-corrected chi connectivity index (χ0v) is 17.6. The molecule has 1 aliphatic heterocycles. The molecule has 1 saturated heterocycles. The van der Waals surface area contributed by atoms with Crippen molar-refractivity contribution < 1.29 is 23.5 Å². The quantitative estimate of drug-likeness (QED) is 0.467. The standard InChI is InChI=1S/C23H17ClFN3O4/c1-32-20-9-8-16(12-18(20)24)28-22(30)17(21(29)26-23(28)31)11-15-6-4-10-27(15)13-14-5-2-3-7-19(14)25/h2-12H,13H2,1H3,(H,26,29,31). The molecule has 0 saturated carbocycles. The molecule has 1 aliphatic rings. The molecule has 7 nitrogen and oxygen atoms in total. The minimum atomic E-state index is -0.889. The van der Waals surface area contributed by atoms with Crippen LogP contribution < -0.4 is 15.0 Å². The Hall–Kier alpha value is -3.91. The molecule has 1 N–H and O–H groups in total. The van der Waals surface area contributed by atoms with E-state index in [4.69, 9.17) is 16.3 Å². The number of ether oxygens (including phenoxy) is 1. The minimum Gasteiger partial charge on any atom is -0.495 e. The molecule has 162 valence electrons. The van der Waals surface area contributed by atoms with Gasteiger partial charge in [0, 0.05) is 17.5 Å². The van der Waals surface area contributed by atoms with Gasteiger partial charge in [-0.3, -0.25) is 14.9 Å². The van der Waals surface area contributed by atoms with Crippen LogP contribution in [0.3, 0.4) is 0 Å². The van der Waals surface area contributed by atoms with Crippen molar-refractivity contribution in [1.29, 1.82) is 0 Å². The number of aromatic nitrogens is 1. The SMILES string of the molecule is COc1ccc(N2C(=O)NC(=O)C(=Cc3cccn3Cc3ccccc3F)C2=O)cc1Cl. The number of anilines is 1. The van der Waals surface area contributed by atoms with Crippen molar-refractivity contribution in [3.63, 3.8) is 0 Å². The molecule has 0 spiro atoms. The largest absolute Gasteiger partial charge is 0.495 e. The van der Waals surface area contributed by atoms with E-state index in [1.807, 2.05) is 0 Å². The van der Waals surface area contributed by atoms with Gasteiger partial charge in [-0.1, -0.05) is 29.8 Å². The number of rotatable bonds is 5. The third-order valence-corrected chi connectivity index (χ3v) is 5.25. The maximum atomic E-state index is 14.1. The molecule has 2 aromatic carbocycles. The number of hydrogen-bond acceptors (Lipinski definition) is 4. The lowest BCUT2D eigenvalue weighted by Crippen LogP contribution is -2.54. The summed E-state index contributed by atoms with van der Waals surface area (Å²) in [5.74, 6) is -1.62. The maximum absolute atomic E-state index is 14.1. The predicted molar refractivity (Wildman–Crippen MR) is 117 cm³/mol. The molecule has 1 fully saturated rings. The second kappa shape index (κ2) is 8.68. The molecule has 0 atom stereocenters. The van der Waals surface area contributed by atoms with E-state index in [1.165, 1.54) is 37.5 Å². The molecule has 4 amide bonds. The molecule has 3 aromatic rings. The van der Waals surface area contributed by atoms with Crippen LogP contribution in [0.1, 0.15) is 11.3 Å². The van der Waals surface area contributed by atoms with Gasteiger partial charge in [-0.05, 0) is 42.5 Å². The van der Waals surface area contributed by atoms with E-state index < -0.39 is 17.8 Å². The molecule has 0 unspecified atom stereocenters. The van der Waals surface area contributed by atoms with Crippen LogP contribution in [0.5, 0.6) is 5.75 Å². The zero-order valence-electron chi connectivity index (χ0n) is 16.8. The van der Waals surface area contributed by atoms with Crippen molar-refractivity contribution >= 4 is 41.2 Å². The third kappa shape index (κ3) is 4.00. The number of carbonyl (C=O) groups excluding carboxylic acids is 3. The summed E-state index contributed by atoms with van der Waals surface area (Å²) in [4.78, 5) is 38.8. The highest BCUT2D eigenvalue weighted by Crippen LogP contribution is 2.31. The van der Waals surface area contributed by atoms with Gasteiger partial charge >= 0.3 is 6.03 Å². The predicted octanol–water partition coefficient (Wildman–Crippen LogP) is 4.00. The molecular formula is C23H17ClFN3O4. The summed E-state index contributed by atoms with van der Waals surface area (Å²) >= 11 is 6.12. The fourth-order valence-corrected chi connectivity index (χ4v) is 3.60. The van der Waals surface area contributed by atoms with Crippen LogP contribution >= 0.6 is 11.6 Å². The number of methoxy groups -OCH3 is 1. The van der Waals surface area contributed by atoms with Crippen LogP contribution in [0.2, 0.25) is 5.02 Å². The molecule has 1 aromatic heterocycles. The lowest BCUT2D eigenvalue weighted by atomic mass is 10.1. The van der Waals surface area contributed by atoms with Crippen molar-refractivity contribution in [2.45, 2.75) is 6.54 Å². The van der Waals surface area contributed by atoms with Crippen LogP contribution in [-0.4, -0.2) is 29.5 Å². The monoisotopic (exact) mass is 453 g/mol. The first-order valence-corrected chi connectivity index (χ1v) is 9.90. The Morgan fingerprint density at radius 1 is 1.09 bits per heavy atom. The van der Waals surface area contributed by atoms with Crippen molar-refractivity contribution in [2.75, 3.05) is 12.0 Å². The van der Waals surface area contributed by atoms with Crippen molar-refractivity contribution in [3.05, 3.63) is 88.5 Å². The molecule has 2 heterocycles. The molecule has 0 radical (unpaired) electrons. The topological polar surface area (TPSA) is 80.6 Å². The summed E-state index contributed by atoms with van der Waals surface area (Å²) in [6.07, 6.45) is 3.07. The van der Waals surface area contributed by atoms with Crippen molar-refractivity contribution in [2.24, 2.45) is 0 Å². The van der Waals surface area contributed by atoms with Crippen molar-refractivity contribution in [3.8, 4) is 5.75 Å². The van der Waals surface area contributed by atoms with Crippen LogP contribution in [-0.2, 0) is 16.1 Å². The Morgan fingerprint density at radius 2 is 1.88 bits per heavy atom. The normalized spacial score (nSPS) is 15.3. The Balaban J connectivity index is 1.68. The molecule has 9 heteroatoms. The summed E-state index contributed by atoms with van der Waals surface area (Å²) in [5, 5.41) is 2.36. The number of benzene rings is 2. The highest BCUT2D eigenvalue weighted by molar-refractivity contribution is 6.39. The van der Waals surface area contributed by atoms with Crippen LogP contribution in [0.4, 0.5) is 14.9 Å². The van der Waals surface area contributed by atoms with E-state index in [0.29, 0.717) is 17.0 Å². The smallest absolute Gasteiger partial charge is 0.335 e. The van der Waals surface area contributed by atoms with Crippen molar-refractivity contribution in [1.82, 2.24) is 9.88 Å². The summed E-state index contributed by atoms with van der Waals surface area (Å²) < 4.78 is 20.8. The van der Waals surface area contributed by atoms with E-state index >= 15 is 0 Å². The van der Waals surface area contributed by atoms with E-state index in [0.717, 1.165) is 4.90 Å². The number of imide groups is 2. The van der Waals surface area contributed by atoms with Crippen LogP contribution in [0, 0.1) is 5.82 Å². The summed E-state index contributed by atoms with van der Waals surface area (Å²) in [7, 11) is 1.44. The Kier molecular flexibility index (Phi) is 5.79. The van der Waals surface area contributed by atoms with Gasteiger partial charge in [-0.15, -0.1) is 0 Å². The van der Waals surface area contributed by atoms with E-state index in [2.05, 4.69) is 5.32 Å². The zero-order chi connectivity index (χ0) is 22.8. The van der Waals surface area contributed by atoms with Gasteiger partial charge in [-0.2, -0.15) is 0 Å². The van der Waals surface area contributed by atoms with E-state index in [-0.39, 0.29) is 28.6 Å². The molecule has 0 bridgehead atoms. The van der Waals surface area contributed by atoms with Crippen LogP contribution in [0.15, 0.2) is 66.4 Å². The first kappa shape index (κ1) is 21.3. The Bertz CT molecular complexity index is 1270. The van der Waals surface area contributed by atoms with Gasteiger partial charge < -0.3 is 9.30 Å². The summed E-state index contributed by atoms with van der Waals surface area (Å²) in [5.41, 5.74) is 0.879. The fraction of sp³-hybridized carbons (Fsp3) is 0.0870. The van der Waals surface area contributed by atoms with E-state index in [1.54, 1.807) is 41.1 Å². The number of barbiturate groups is 1. The van der Waals surface area contributed by atoms with Gasteiger partial charge in [0.25, 0.3) is 11.8 Å². The number of nitrogens with one attached hydrogen (secondary N) is 1. The number of amides is 4. The first-order chi connectivity index (χ1) is 15.4. The minimum absolute atomic E-state index is 0.179. The number of hydrogen-bond donors (Lipinski definition) is 1. The second-order valence-electron chi connectivity index (χ2n) is 6.93. The Labute approximate surface area is 187 Å². The molecule has 32 heavy (non-hydrogen) atoms.